The third-order valence-electron chi connectivity index (χ3n) is 3.92. The minimum Gasteiger partial charge on any atom is -0.303 e. The van der Waals surface area contributed by atoms with Crippen LogP contribution in [0.3, 0.4) is 0 Å². The summed E-state index contributed by atoms with van der Waals surface area (Å²) in [6, 6.07) is 2.19. The summed E-state index contributed by atoms with van der Waals surface area (Å²) in [5, 5.41) is 11.9. The van der Waals surface area contributed by atoms with Gasteiger partial charge in [0.1, 0.15) is 5.54 Å². The monoisotopic (exact) mass is 277 g/mol. The number of likely N-dealkylation sites (tertiary alicyclic amines) is 1. The molecule has 0 aliphatic carbocycles. The van der Waals surface area contributed by atoms with E-state index in [9.17, 15) is 13.2 Å². The fraction of sp³-hybridized carbons (Fsp3) is 0.923. The molecule has 1 heterocycles. The SMILES string of the molecule is CNC(C)(C#N)CCCN1CCCC(C(F)(F)F)C1. The largest absolute Gasteiger partial charge is 0.393 e. The molecule has 0 spiro atoms. The molecule has 1 aliphatic heterocycles. The molecule has 0 radical (unpaired) electrons. The second-order valence-corrected chi connectivity index (χ2v) is 5.48. The number of alkyl halides is 3. The first-order valence-corrected chi connectivity index (χ1v) is 6.70. The van der Waals surface area contributed by atoms with Crippen molar-refractivity contribution in [2.45, 2.75) is 44.3 Å². The Morgan fingerprint density at radius 2 is 2.11 bits per heavy atom. The number of piperidine rings is 1. The first-order valence-electron chi connectivity index (χ1n) is 6.70. The molecule has 0 aromatic carbocycles. The average molecular weight is 277 g/mol. The Bertz CT molecular complexity index is 324. The van der Waals surface area contributed by atoms with Crippen molar-refractivity contribution in [2.24, 2.45) is 5.92 Å². The zero-order chi connectivity index (χ0) is 14.5. The van der Waals surface area contributed by atoms with E-state index in [0.717, 1.165) is 13.0 Å². The first kappa shape index (κ1) is 16.3. The number of nitrogens with zero attached hydrogens (tertiary/aromatic N) is 2. The fourth-order valence-corrected chi connectivity index (χ4v) is 2.42. The lowest BCUT2D eigenvalue weighted by atomic mass is 9.95. The van der Waals surface area contributed by atoms with Gasteiger partial charge in [-0.2, -0.15) is 18.4 Å². The summed E-state index contributed by atoms with van der Waals surface area (Å²) in [5.74, 6) is -1.19. The molecular weight excluding hydrogens is 255 g/mol. The maximum atomic E-state index is 12.7. The summed E-state index contributed by atoms with van der Waals surface area (Å²) in [4.78, 5) is 1.87. The molecule has 110 valence electrons. The zero-order valence-corrected chi connectivity index (χ0v) is 11.6. The van der Waals surface area contributed by atoms with E-state index in [1.165, 1.54) is 0 Å². The van der Waals surface area contributed by atoms with E-state index in [1.54, 1.807) is 7.05 Å². The lowest BCUT2D eigenvalue weighted by molar-refractivity contribution is -0.186. The Morgan fingerprint density at radius 1 is 1.42 bits per heavy atom. The van der Waals surface area contributed by atoms with Gasteiger partial charge in [-0.15, -0.1) is 0 Å². The van der Waals surface area contributed by atoms with E-state index in [2.05, 4.69) is 11.4 Å². The highest BCUT2D eigenvalue weighted by Gasteiger charge is 2.41. The molecule has 2 unspecified atom stereocenters. The van der Waals surface area contributed by atoms with Gasteiger partial charge >= 0.3 is 6.18 Å². The highest BCUT2D eigenvalue weighted by atomic mass is 19.4. The molecule has 0 aromatic heterocycles. The molecule has 0 amide bonds. The molecular formula is C13H22F3N3. The van der Waals surface area contributed by atoms with Gasteiger partial charge in [0.15, 0.2) is 0 Å². The summed E-state index contributed by atoms with van der Waals surface area (Å²) < 4.78 is 38.0. The second kappa shape index (κ2) is 6.58. The van der Waals surface area contributed by atoms with Crippen LogP contribution < -0.4 is 5.32 Å². The van der Waals surface area contributed by atoms with Gasteiger partial charge in [0, 0.05) is 6.54 Å². The van der Waals surface area contributed by atoms with Crippen molar-refractivity contribution in [2.75, 3.05) is 26.7 Å². The van der Waals surface area contributed by atoms with Crippen LogP contribution in [0.1, 0.15) is 32.6 Å². The van der Waals surface area contributed by atoms with Crippen molar-refractivity contribution in [3.8, 4) is 6.07 Å². The van der Waals surface area contributed by atoms with Crippen molar-refractivity contribution >= 4 is 0 Å². The lowest BCUT2D eigenvalue weighted by Crippen LogP contribution is -2.43. The van der Waals surface area contributed by atoms with Crippen molar-refractivity contribution < 1.29 is 13.2 Å². The Kier molecular flexibility index (Phi) is 5.63. The number of hydrogen-bond donors (Lipinski definition) is 1. The van der Waals surface area contributed by atoms with E-state index in [-0.39, 0.29) is 13.0 Å². The topological polar surface area (TPSA) is 39.1 Å². The number of hydrogen-bond acceptors (Lipinski definition) is 3. The molecule has 3 nitrogen and oxygen atoms in total. The number of nitrogens with one attached hydrogen (secondary N) is 1. The van der Waals surface area contributed by atoms with Crippen LogP contribution in [0.4, 0.5) is 13.2 Å². The predicted molar refractivity (Wildman–Crippen MR) is 67.5 cm³/mol. The van der Waals surface area contributed by atoms with Gasteiger partial charge in [0.2, 0.25) is 0 Å². The predicted octanol–water partition coefficient (Wildman–Crippen LogP) is 2.54. The minimum absolute atomic E-state index is 0.103. The van der Waals surface area contributed by atoms with E-state index < -0.39 is 17.6 Å². The molecule has 6 heteroatoms. The lowest BCUT2D eigenvalue weighted by Gasteiger charge is -2.34. The van der Waals surface area contributed by atoms with Gasteiger partial charge in [0.05, 0.1) is 12.0 Å². The molecule has 1 saturated heterocycles. The van der Waals surface area contributed by atoms with Crippen LogP contribution in [0.15, 0.2) is 0 Å². The van der Waals surface area contributed by atoms with Gasteiger partial charge in [-0.25, -0.2) is 0 Å². The fourth-order valence-electron chi connectivity index (χ4n) is 2.42. The van der Waals surface area contributed by atoms with Crippen LogP contribution in [0.25, 0.3) is 0 Å². The zero-order valence-electron chi connectivity index (χ0n) is 11.6. The normalized spacial score (nSPS) is 24.7. The van der Waals surface area contributed by atoms with Crippen LogP contribution in [0.5, 0.6) is 0 Å². The maximum absolute atomic E-state index is 12.7. The van der Waals surface area contributed by atoms with E-state index >= 15 is 0 Å². The third-order valence-corrected chi connectivity index (χ3v) is 3.92. The molecule has 0 saturated carbocycles. The van der Waals surface area contributed by atoms with Gasteiger partial charge < -0.3 is 10.2 Å². The third kappa shape index (κ3) is 5.00. The van der Waals surface area contributed by atoms with Crippen LogP contribution in [-0.2, 0) is 0 Å². The Hall–Kier alpha value is -0.800. The van der Waals surface area contributed by atoms with Crippen molar-refractivity contribution in [1.29, 1.82) is 5.26 Å². The summed E-state index contributed by atoms with van der Waals surface area (Å²) >= 11 is 0. The van der Waals surface area contributed by atoms with E-state index in [4.69, 9.17) is 5.26 Å². The molecule has 1 rings (SSSR count). The Balaban J connectivity index is 2.36. The van der Waals surface area contributed by atoms with Gasteiger partial charge in [-0.1, -0.05) is 0 Å². The average Bonchev–Trinajstić information content (AvgIpc) is 2.38. The van der Waals surface area contributed by atoms with Crippen molar-refractivity contribution in [3.63, 3.8) is 0 Å². The molecule has 1 N–H and O–H groups in total. The number of halogens is 3. The Labute approximate surface area is 112 Å². The van der Waals surface area contributed by atoms with E-state index in [0.29, 0.717) is 19.4 Å². The van der Waals surface area contributed by atoms with Crippen LogP contribution >= 0.6 is 0 Å². The summed E-state index contributed by atoms with van der Waals surface area (Å²) in [5.41, 5.74) is -0.584. The standard InChI is InChI=1S/C13H22F3N3/c1-12(10-17,18-2)6-4-8-19-7-3-5-11(9-19)13(14,15)16/h11,18H,3-9H2,1-2H3. The van der Waals surface area contributed by atoms with Gasteiger partial charge in [-0.05, 0) is 52.7 Å². The molecule has 0 bridgehead atoms. The van der Waals surface area contributed by atoms with Crippen molar-refractivity contribution in [1.82, 2.24) is 10.2 Å². The van der Waals surface area contributed by atoms with Gasteiger partial charge in [0.25, 0.3) is 0 Å². The van der Waals surface area contributed by atoms with Crippen LogP contribution in [0, 0.1) is 17.2 Å². The van der Waals surface area contributed by atoms with Crippen LogP contribution in [-0.4, -0.2) is 43.3 Å². The van der Waals surface area contributed by atoms with E-state index in [1.807, 2.05) is 11.8 Å². The van der Waals surface area contributed by atoms with Crippen molar-refractivity contribution in [3.05, 3.63) is 0 Å². The number of rotatable bonds is 5. The second-order valence-electron chi connectivity index (χ2n) is 5.48. The summed E-state index contributed by atoms with van der Waals surface area (Å²) in [6.45, 7) is 3.27. The molecule has 1 fully saturated rings. The maximum Gasteiger partial charge on any atom is 0.393 e. The molecule has 19 heavy (non-hydrogen) atoms. The first-order chi connectivity index (χ1) is 8.80. The highest BCUT2D eigenvalue weighted by molar-refractivity contribution is 5.02. The minimum atomic E-state index is -4.08. The molecule has 1 aliphatic rings. The highest BCUT2D eigenvalue weighted by Crippen LogP contribution is 2.33. The molecule has 0 aromatic rings. The quantitative estimate of drug-likeness (QED) is 0.839. The number of nitriles is 1. The summed E-state index contributed by atoms with van der Waals surface area (Å²) in [7, 11) is 1.73. The molecule has 2 atom stereocenters. The smallest absolute Gasteiger partial charge is 0.303 e. The summed E-state index contributed by atoms with van der Waals surface area (Å²) in [6.07, 6.45) is -1.86. The Morgan fingerprint density at radius 3 is 2.63 bits per heavy atom. The van der Waals surface area contributed by atoms with Gasteiger partial charge in [-0.3, -0.25) is 0 Å². The van der Waals surface area contributed by atoms with Crippen LogP contribution in [0.2, 0.25) is 0 Å².